The summed E-state index contributed by atoms with van der Waals surface area (Å²) in [5.74, 6) is 0.773. The molecule has 2 N–H and O–H groups in total. The summed E-state index contributed by atoms with van der Waals surface area (Å²) in [6.07, 6.45) is 1.51. The van der Waals surface area contributed by atoms with Gasteiger partial charge in [-0.15, -0.1) is 11.3 Å². The molecule has 86 valence electrons. The molecule has 2 rings (SSSR count). The van der Waals surface area contributed by atoms with Gasteiger partial charge >= 0.3 is 0 Å². The van der Waals surface area contributed by atoms with Gasteiger partial charge in [0.25, 0.3) is 0 Å². The maximum absolute atomic E-state index is 8.98. The SMILES string of the molecule is OCCN(CCO)c1ncnc2sccc12. The van der Waals surface area contributed by atoms with Crippen molar-refractivity contribution < 1.29 is 10.2 Å². The lowest BCUT2D eigenvalue weighted by Crippen LogP contribution is -2.30. The number of aliphatic hydroxyl groups excluding tert-OH is 2. The van der Waals surface area contributed by atoms with E-state index in [1.54, 1.807) is 11.3 Å². The molecule has 0 saturated carbocycles. The predicted octanol–water partition coefficient (Wildman–Crippen LogP) is 0.482. The van der Waals surface area contributed by atoms with Gasteiger partial charge < -0.3 is 15.1 Å². The Bertz CT molecular complexity index is 454. The molecular weight excluding hydrogens is 226 g/mol. The van der Waals surface area contributed by atoms with E-state index in [0.717, 1.165) is 16.0 Å². The van der Waals surface area contributed by atoms with Crippen molar-refractivity contribution in [3.8, 4) is 0 Å². The van der Waals surface area contributed by atoms with Gasteiger partial charge in [0.15, 0.2) is 0 Å². The summed E-state index contributed by atoms with van der Waals surface area (Å²) >= 11 is 1.55. The number of fused-ring (bicyclic) bond motifs is 1. The van der Waals surface area contributed by atoms with Crippen LogP contribution in [0.3, 0.4) is 0 Å². The third-order valence-electron chi connectivity index (χ3n) is 2.28. The largest absolute Gasteiger partial charge is 0.395 e. The van der Waals surface area contributed by atoms with E-state index in [1.165, 1.54) is 6.33 Å². The van der Waals surface area contributed by atoms with E-state index in [0.29, 0.717) is 13.1 Å². The molecule has 0 aliphatic carbocycles. The number of rotatable bonds is 5. The lowest BCUT2D eigenvalue weighted by Gasteiger charge is -2.21. The van der Waals surface area contributed by atoms with Crippen molar-refractivity contribution in [2.75, 3.05) is 31.2 Å². The molecule has 0 aromatic carbocycles. The van der Waals surface area contributed by atoms with Gasteiger partial charge in [-0.1, -0.05) is 0 Å². The number of aliphatic hydroxyl groups is 2. The summed E-state index contributed by atoms with van der Waals surface area (Å²) in [5, 5.41) is 20.9. The summed E-state index contributed by atoms with van der Waals surface area (Å²) in [4.78, 5) is 11.2. The highest BCUT2D eigenvalue weighted by atomic mass is 32.1. The minimum atomic E-state index is 0.0373. The lowest BCUT2D eigenvalue weighted by atomic mass is 10.3. The lowest BCUT2D eigenvalue weighted by molar-refractivity contribution is 0.281. The van der Waals surface area contributed by atoms with Gasteiger partial charge in [-0.3, -0.25) is 0 Å². The average Bonchev–Trinajstić information content (AvgIpc) is 2.76. The Morgan fingerprint density at radius 3 is 2.62 bits per heavy atom. The quantitative estimate of drug-likeness (QED) is 0.794. The Labute approximate surface area is 97.0 Å². The zero-order valence-electron chi connectivity index (χ0n) is 8.70. The normalized spacial score (nSPS) is 10.9. The second-order valence-corrected chi connectivity index (χ2v) is 4.17. The van der Waals surface area contributed by atoms with E-state index in [9.17, 15) is 0 Å². The van der Waals surface area contributed by atoms with Crippen LogP contribution in [-0.4, -0.2) is 46.5 Å². The number of anilines is 1. The first-order valence-electron chi connectivity index (χ1n) is 5.01. The Balaban J connectivity index is 2.38. The van der Waals surface area contributed by atoms with Crippen molar-refractivity contribution in [1.29, 1.82) is 0 Å². The molecule has 0 radical (unpaired) electrons. The fourth-order valence-electron chi connectivity index (χ4n) is 1.59. The van der Waals surface area contributed by atoms with Gasteiger partial charge in [0.05, 0.1) is 18.6 Å². The van der Waals surface area contributed by atoms with Crippen LogP contribution in [-0.2, 0) is 0 Å². The second-order valence-electron chi connectivity index (χ2n) is 3.27. The van der Waals surface area contributed by atoms with Crippen LogP contribution >= 0.6 is 11.3 Å². The molecule has 0 bridgehead atoms. The number of nitrogens with zero attached hydrogens (tertiary/aromatic N) is 3. The van der Waals surface area contributed by atoms with Crippen LogP contribution in [0.15, 0.2) is 17.8 Å². The fourth-order valence-corrected chi connectivity index (χ4v) is 2.32. The first-order chi connectivity index (χ1) is 7.86. The van der Waals surface area contributed by atoms with Gasteiger partial charge in [0.1, 0.15) is 17.0 Å². The predicted molar refractivity (Wildman–Crippen MR) is 63.8 cm³/mol. The number of aromatic nitrogens is 2. The van der Waals surface area contributed by atoms with Gasteiger partial charge in [-0.05, 0) is 11.4 Å². The van der Waals surface area contributed by atoms with Crippen molar-refractivity contribution in [3.63, 3.8) is 0 Å². The first kappa shape index (κ1) is 11.3. The first-order valence-corrected chi connectivity index (χ1v) is 5.89. The van der Waals surface area contributed by atoms with Gasteiger partial charge in [0, 0.05) is 13.1 Å². The van der Waals surface area contributed by atoms with Crippen molar-refractivity contribution >= 4 is 27.4 Å². The Morgan fingerprint density at radius 2 is 1.94 bits per heavy atom. The summed E-state index contributed by atoms with van der Waals surface area (Å²) in [5.41, 5.74) is 0. The third-order valence-corrected chi connectivity index (χ3v) is 3.10. The minimum Gasteiger partial charge on any atom is -0.395 e. The molecule has 2 heterocycles. The molecule has 0 amide bonds. The van der Waals surface area contributed by atoms with Crippen LogP contribution in [0.5, 0.6) is 0 Å². The summed E-state index contributed by atoms with van der Waals surface area (Å²) in [6, 6.07) is 1.96. The molecule has 2 aromatic heterocycles. The van der Waals surface area contributed by atoms with Crippen LogP contribution in [0.1, 0.15) is 0 Å². The third kappa shape index (κ3) is 2.13. The maximum atomic E-state index is 8.98. The van der Waals surface area contributed by atoms with E-state index in [1.807, 2.05) is 16.3 Å². The molecule has 0 aliphatic heterocycles. The Morgan fingerprint density at radius 1 is 1.19 bits per heavy atom. The number of thiophene rings is 1. The number of hydrogen-bond acceptors (Lipinski definition) is 6. The Hall–Kier alpha value is -1.24. The highest BCUT2D eigenvalue weighted by Gasteiger charge is 2.11. The van der Waals surface area contributed by atoms with E-state index in [4.69, 9.17) is 10.2 Å². The molecule has 0 saturated heterocycles. The van der Waals surface area contributed by atoms with E-state index in [2.05, 4.69) is 9.97 Å². The van der Waals surface area contributed by atoms with Crippen LogP contribution in [0.4, 0.5) is 5.82 Å². The molecule has 16 heavy (non-hydrogen) atoms. The molecule has 0 spiro atoms. The molecule has 0 aliphatic rings. The van der Waals surface area contributed by atoms with E-state index < -0.39 is 0 Å². The molecule has 2 aromatic rings. The number of hydrogen-bond donors (Lipinski definition) is 2. The highest BCUT2D eigenvalue weighted by molar-refractivity contribution is 7.16. The van der Waals surface area contributed by atoms with Crippen molar-refractivity contribution in [2.24, 2.45) is 0 Å². The minimum absolute atomic E-state index is 0.0373. The molecule has 5 nitrogen and oxygen atoms in total. The highest BCUT2D eigenvalue weighted by Crippen LogP contribution is 2.26. The van der Waals surface area contributed by atoms with Crippen LogP contribution in [0.2, 0.25) is 0 Å². The maximum Gasteiger partial charge on any atom is 0.140 e. The van der Waals surface area contributed by atoms with Crippen molar-refractivity contribution in [3.05, 3.63) is 17.8 Å². The summed E-state index contributed by atoms with van der Waals surface area (Å²) in [7, 11) is 0. The van der Waals surface area contributed by atoms with Crippen LogP contribution in [0.25, 0.3) is 10.2 Å². The topological polar surface area (TPSA) is 69.5 Å². The molecule has 0 unspecified atom stereocenters. The van der Waals surface area contributed by atoms with Gasteiger partial charge in [0.2, 0.25) is 0 Å². The van der Waals surface area contributed by atoms with Gasteiger partial charge in [-0.25, -0.2) is 9.97 Å². The van der Waals surface area contributed by atoms with Crippen LogP contribution in [0, 0.1) is 0 Å². The molecule has 6 heteroatoms. The zero-order chi connectivity index (χ0) is 11.4. The van der Waals surface area contributed by atoms with Crippen molar-refractivity contribution in [1.82, 2.24) is 9.97 Å². The van der Waals surface area contributed by atoms with Crippen molar-refractivity contribution in [2.45, 2.75) is 0 Å². The monoisotopic (exact) mass is 239 g/mol. The van der Waals surface area contributed by atoms with E-state index >= 15 is 0 Å². The second kappa shape index (κ2) is 5.20. The summed E-state index contributed by atoms with van der Waals surface area (Å²) < 4.78 is 0. The van der Waals surface area contributed by atoms with Gasteiger partial charge in [-0.2, -0.15) is 0 Å². The standard InChI is InChI=1S/C10H13N3O2S/c14-4-2-13(3-5-15)9-8-1-6-16-10(8)12-7-11-9/h1,6-7,14-15H,2-5H2. The molecular formula is C10H13N3O2S. The average molecular weight is 239 g/mol. The van der Waals surface area contributed by atoms with Crippen LogP contribution < -0.4 is 4.90 Å². The fraction of sp³-hybridized carbons (Fsp3) is 0.400. The Kier molecular flexibility index (Phi) is 3.66. The van der Waals surface area contributed by atoms with E-state index in [-0.39, 0.29) is 13.2 Å². The smallest absolute Gasteiger partial charge is 0.140 e. The summed E-state index contributed by atoms with van der Waals surface area (Å²) in [6.45, 7) is 0.996. The molecule has 0 atom stereocenters. The zero-order valence-corrected chi connectivity index (χ0v) is 9.52. The molecule has 0 fully saturated rings.